The van der Waals surface area contributed by atoms with Crippen molar-refractivity contribution in [2.24, 2.45) is 0 Å². The molecule has 3 rings (SSSR count). The molecule has 1 fully saturated rings. The molecular formula is C21H29BNO6+. The first-order valence-corrected chi connectivity index (χ1v) is 9.62. The van der Waals surface area contributed by atoms with Gasteiger partial charge in [0.1, 0.15) is 11.7 Å². The highest BCUT2D eigenvalue weighted by atomic mass is 16.7. The summed E-state index contributed by atoms with van der Waals surface area (Å²) in [6, 6.07) is 5.04. The van der Waals surface area contributed by atoms with Crippen LogP contribution in [0.4, 0.5) is 10.5 Å². The predicted octanol–water partition coefficient (Wildman–Crippen LogP) is 4.24. The number of esters is 1. The Balaban J connectivity index is 2.32. The number of hydrogen-bond acceptors (Lipinski definition) is 5. The second kappa shape index (κ2) is 6.42. The zero-order chi connectivity index (χ0) is 22.0. The summed E-state index contributed by atoms with van der Waals surface area (Å²) in [6.07, 6.45) is 0.592. The van der Waals surface area contributed by atoms with E-state index in [-0.39, 0.29) is 5.56 Å². The highest BCUT2D eigenvalue weighted by Crippen LogP contribution is 2.51. The Kier molecular flexibility index (Phi) is 4.77. The molecular weight excluding hydrogens is 373 g/mol. The van der Waals surface area contributed by atoms with Gasteiger partial charge in [0.2, 0.25) is 0 Å². The fourth-order valence-electron chi connectivity index (χ4n) is 3.91. The van der Waals surface area contributed by atoms with Gasteiger partial charge in [-0.05, 0) is 54.5 Å². The van der Waals surface area contributed by atoms with E-state index in [0.29, 0.717) is 16.7 Å². The molecule has 0 spiro atoms. The van der Waals surface area contributed by atoms with E-state index >= 15 is 0 Å². The summed E-state index contributed by atoms with van der Waals surface area (Å²) in [6.45, 7) is 13.3. The largest absolute Gasteiger partial charge is 0.523 e. The van der Waals surface area contributed by atoms with Gasteiger partial charge < -0.3 is 19.2 Å². The molecule has 2 aliphatic rings. The van der Waals surface area contributed by atoms with Crippen LogP contribution in [0.5, 0.6) is 0 Å². The molecule has 1 unspecified atom stereocenters. The van der Waals surface area contributed by atoms with E-state index in [2.05, 4.69) is 0 Å². The van der Waals surface area contributed by atoms with Crippen molar-refractivity contribution in [3.8, 4) is 0 Å². The van der Waals surface area contributed by atoms with Crippen LogP contribution >= 0.6 is 0 Å². The van der Waals surface area contributed by atoms with Gasteiger partial charge in [-0.3, -0.25) is 0 Å². The number of fused-ring (bicyclic) bond motifs is 1. The molecule has 7 nitrogen and oxygen atoms in total. The van der Waals surface area contributed by atoms with Gasteiger partial charge in [-0.25, -0.2) is 4.79 Å². The third-order valence-corrected chi connectivity index (χ3v) is 6.32. The fourth-order valence-corrected chi connectivity index (χ4v) is 3.91. The summed E-state index contributed by atoms with van der Waals surface area (Å²) in [5, 5.41) is 10.3. The maximum atomic E-state index is 12.6. The second-order valence-corrected chi connectivity index (χ2v) is 9.54. The number of quaternary nitrogens is 1. The lowest BCUT2D eigenvalue weighted by Crippen LogP contribution is -2.60. The van der Waals surface area contributed by atoms with E-state index in [4.69, 9.17) is 14.0 Å². The van der Waals surface area contributed by atoms with E-state index < -0.39 is 40.4 Å². The Morgan fingerprint density at radius 1 is 1.10 bits per heavy atom. The van der Waals surface area contributed by atoms with Gasteiger partial charge in [-0.15, -0.1) is 0 Å². The minimum Gasteiger partial charge on any atom is -0.465 e. The molecule has 156 valence electrons. The van der Waals surface area contributed by atoms with Crippen LogP contribution in [0.1, 0.15) is 64.4 Å². The fraction of sp³-hybridized carbons (Fsp3) is 0.524. The number of ether oxygens (including phenoxy) is 1. The van der Waals surface area contributed by atoms with Gasteiger partial charge in [0, 0.05) is 6.07 Å². The van der Waals surface area contributed by atoms with E-state index in [9.17, 15) is 14.7 Å². The molecule has 1 atom stereocenters. The average molecular weight is 402 g/mol. The number of nitrogens with zero attached hydrogens (tertiary/aromatic N) is 1. The van der Waals surface area contributed by atoms with Crippen LogP contribution in [0.25, 0.3) is 5.47 Å². The van der Waals surface area contributed by atoms with Crippen molar-refractivity contribution >= 4 is 30.3 Å². The molecule has 1 aromatic carbocycles. The quantitative estimate of drug-likeness (QED) is 0.453. The molecule has 1 N–H and O–H groups in total. The Morgan fingerprint density at radius 2 is 1.66 bits per heavy atom. The molecule has 0 radical (unpaired) electrons. The van der Waals surface area contributed by atoms with Crippen molar-refractivity contribution in [2.45, 2.75) is 65.2 Å². The van der Waals surface area contributed by atoms with E-state index in [1.165, 1.54) is 7.11 Å². The number of carboxylic acid groups (broad SMARTS) is 1. The Morgan fingerprint density at radius 3 is 2.10 bits per heavy atom. The normalized spacial score (nSPS) is 24.8. The van der Waals surface area contributed by atoms with Crippen molar-refractivity contribution in [1.82, 2.24) is 4.48 Å². The summed E-state index contributed by atoms with van der Waals surface area (Å²) in [4.78, 5) is 25.2. The first kappa shape index (κ1) is 21.6. The molecule has 29 heavy (non-hydrogen) atoms. The molecule has 0 bridgehead atoms. The smallest absolute Gasteiger partial charge is 0.465 e. The van der Waals surface area contributed by atoms with Crippen LogP contribution < -0.4 is 4.48 Å². The zero-order valence-corrected chi connectivity index (χ0v) is 18.3. The van der Waals surface area contributed by atoms with Crippen molar-refractivity contribution in [3.63, 3.8) is 0 Å². The Hall–Kier alpha value is -2.16. The standard InChI is InChI=1S/C21H28BNO6/c1-19(2,3)23(18(25)26)12-14(22-28-20(4,5)21(6,7)29-22)16-13(17(24)27-8)10-9-11-15(16)23/h9-12H,1-8H3/p+1. The maximum Gasteiger partial charge on any atom is 0.523 e. The summed E-state index contributed by atoms with van der Waals surface area (Å²) in [5.74, 6) is -0.538. The number of amides is 1. The average Bonchev–Trinajstić information content (AvgIpc) is 3.06. The highest BCUT2D eigenvalue weighted by molar-refractivity contribution is 6.70. The third-order valence-electron chi connectivity index (χ3n) is 6.32. The monoisotopic (exact) mass is 402 g/mol. The number of benzene rings is 1. The molecule has 2 heterocycles. The van der Waals surface area contributed by atoms with Gasteiger partial charge in [0.15, 0.2) is 5.69 Å². The third kappa shape index (κ3) is 2.93. The summed E-state index contributed by atoms with van der Waals surface area (Å²) in [7, 11) is 0.490. The van der Waals surface area contributed by atoms with E-state index in [0.717, 1.165) is 0 Å². The van der Waals surface area contributed by atoms with Crippen LogP contribution in [0.3, 0.4) is 0 Å². The molecule has 1 amide bonds. The van der Waals surface area contributed by atoms with Crippen LogP contribution in [0.15, 0.2) is 24.4 Å². The molecule has 1 aromatic rings. The van der Waals surface area contributed by atoms with E-state index in [1.54, 1.807) is 24.4 Å². The van der Waals surface area contributed by atoms with Crippen molar-refractivity contribution in [3.05, 3.63) is 35.5 Å². The first-order valence-electron chi connectivity index (χ1n) is 9.62. The van der Waals surface area contributed by atoms with Crippen molar-refractivity contribution < 1.29 is 28.7 Å². The van der Waals surface area contributed by atoms with Gasteiger partial charge >= 0.3 is 19.2 Å². The van der Waals surface area contributed by atoms with Crippen LogP contribution in [0.2, 0.25) is 0 Å². The van der Waals surface area contributed by atoms with Gasteiger partial charge in [-0.1, -0.05) is 6.07 Å². The predicted molar refractivity (Wildman–Crippen MR) is 111 cm³/mol. The minimum atomic E-state index is -1.05. The minimum absolute atomic E-state index is 0.288. The lowest BCUT2D eigenvalue weighted by Gasteiger charge is -2.38. The number of carbonyl (C=O) groups excluding carboxylic acids is 1. The lowest BCUT2D eigenvalue weighted by molar-refractivity contribution is 0.00578. The molecule has 0 aliphatic carbocycles. The Labute approximate surface area is 172 Å². The topological polar surface area (TPSA) is 82.1 Å². The van der Waals surface area contributed by atoms with Crippen molar-refractivity contribution in [1.29, 1.82) is 0 Å². The molecule has 1 saturated heterocycles. The number of carbonyl (C=O) groups is 2. The summed E-state index contributed by atoms with van der Waals surface area (Å²) < 4.78 is 16.9. The van der Waals surface area contributed by atoms with Gasteiger partial charge in [0.05, 0.1) is 34.9 Å². The van der Waals surface area contributed by atoms with Crippen LogP contribution in [0, 0.1) is 0 Å². The van der Waals surface area contributed by atoms with Crippen LogP contribution in [-0.2, 0) is 14.0 Å². The maximum absolute atomic E-state index is 12.6. The van der Waals surface area contributed by atoms with Gasteiger partial charge in [0.25, 0.3) is 0 Å². The number of rotatable bonds is 2. The zero-order valence-electron chi connectivity index (χ0n) is 18.3. The lowest BCUT2D eigenvalue weighted by atomic mass is 9.74. The van der Waals surface area contributed by atoms with Gasteiger partial charge in [-0.2, -0.15) is 9.28 Å². The number of hydrogen-bond donors (Lipinski definition) is 1. The first-order chi connectivity index (χ1) is 13.2. The summed E-state index contributed by atoms with van der Waals surface area (Å²) in [5.41, 5.74) is -0.161. The molecule has 2 aliphatic heterocycles. The SMILES string of the molecule is COC(=O)c1cccc2c1C(B1OC(C)(C)C(C)(C)O1)=C[N+]2(C(=O)O)C(C)(C)C. The van der Waals surface area contributed by atoms with Crippen LogP contribution in [-0.4, -0.2) is 48.1 Å². The molecule has 0 aromatic heterocycles. The van der Waals surface area contributed by atoms with Crippen molar-refractivity contribution in [2.75, 3.05) is 7.11 Å². The molecule has 8 heteroatoms. The highest BCUT2D eigenvalue weighted by Gasteiger charge is 2.60. The Bertz CT molecular complexity index is 898. The molecule has 0 saturated carbocycles. The van der Waals surface area contributed by atoms with E-state index in [1.807, 2.05) is 48.5 Å². The number of methoxy groups -OCH3 is 1. The summed E-state index contributed by atoms with van der Waals surface area (Å²) >= 11 is 0. The second-order valence-electron chi connectivity index (χ2n) is 9.54.